The van der Waals surface area contributed by atoms with E-state index in [1.807, 2.05) is 42.5 Å². The Morgan fingerprint density at radius 2 is 2.10 bits per heavy atom. The van der Waals surface area contributed by atoms with Crippen molar-refractivity contribution in [2.75, 3.05) is 13.7 Å². The van der Waals surface area contributed by atoms with E-state index >= 15 is 0 Å². The Bertz CT molecular complexity index is 1150. The van der Waals surface area contributed by atoms with E-state index in [0.29, 0.717) is 42.9 Å². The molecule has 4 rings (SSSR count). The zero-order chi connectivity index (χ0) is 21.8. The number of rotatable bonds is 5. The van der Waals surface area contributed by atoms with Gasteiger partial charge in [-0.05, 0) is 64.7 Å². The Morgan fingerprint density at radius 1 is 1.23 bits per heavy atom. The fourth-order valence-corrected chi connectivity index (χ4v) is 3.83. The van der Waals surface area contributed by atoms with Crippen LogP contribution in [0.25, 0.3) is 10.8 Å². The lowest BCUT2D eigenvalue weighted by molar-refractivity contribution is -0.0448. The van der Waals surface area contributed by atoms with Crippen LogP contribution >= 0.6 is 0 Å². The number of carbonyl (C=O) groups excluding carboxylic acids is 1. The molecule has 1 aliphatic heterocycles. The lowest BCUT2D eigenvalue weighted by Crippen LogP contribution is -2.23. The predicted molar refractivity (Wildman–Crippen MR) is 115 cm³/mol. The number of esters is 1. The molecule has 1 fully saturated rings. The average molecular weight is 417 g/mol. The minimum absolute atomic E-state index is 0.106. The standard InChI is InChI=1S/C25H23NO5/c1-29-25(28)19-10-18-12-22(5-6-23(18)20(11-19)14-26)31-15-16-3-2-4-17(9-16)24-13-21(27)7-8-30-24/h2-6,9-12,21,24,27H,7-8,13,15H2,1H3. The fourth-order valence-electron chi connectivity index (χ4n) is 3.83. The van der Waals surface area contributed by atoms with Crippen molar-refractivity contribution >= 4 is 16.7 Å². The zero-order valence-electron chi connectivity index (χ0n) is 17.2. The molecule has 1 N–H and O–H groups in total. The van der Waals surface area contributed by atoms with Gasteiger partial charge in [0, 0.05) is 13.0 Å². The van der Waals surface area contributed by atoms with Crippen LogP contribution in [-0.4, -0.2) is 30.9 Å². The molecule has 2 atom stereocenters. The summed E-state index contributed by atoms with van der Waals surface area (Å²) in [5.41, 5.74) is 2.75. The van der Waals surface area contributed by atoms with E-state index < -0.39 is 5.97 Å². The van der Waals surface area contributed by atoms with Gasteiger partial charge in [-0.3, -0.25) is 0 Å². The first-order chi connectivity index (χ1) is 15.1. The minimum Gasteiger partial charge on any atom is -0.489 e. The highest BCUT2D eigenvalue weighted by Crippen LogP contribution is 2.29. The number of nitriles is 1. The summed E-state index contributed by atoms with van der Waals surface area (Å²) in [7, 11) is 1.31. The number of aliphatic hydroxyl groups excluding tert-OH is 1. The molecule has 0 bridgehead atoms. The number of methoxy groups -OCH3 is 1. The summed E-state index contributed by atoms with van der Waals surface area (Å²) in [6.45, 7) is 0.915. The Kier molecular flexibility index (Phi) is 6.17. The van der Waals surface area contributed by atoms with Crippen LogP contribution in [0.5, 0.6) is 5.75 Å². The van der Waals surface area contributed by atoms with Crippen LogP contribution in [0.4, 0.5) is 0 Å². The molecule has 1 saturated heterocycles. The van der Waals surface area contributed by atoms with Gasteiger partial charge in [0.2, 0.25) is 0 Å². The van der Waals surface area contributed by atoms with E-state index in [9.17, 15) is 15.2 Å². The normalized spacial score (nSPS) is 18.4. The maximum Gasteiger partial charge on any atom is 0.337 e. The van der Waals surface area contributed by atoms with Crippen molar-refractivity contribution < 1.29 is 24.1 Å². The summed E-state index contributed by atoms with van der Waals surface area (Å²) in [6, 6.07) is 18.8. The van der Waals surface area contributed by atoms with Gasteiger partial charge in [0.1, 0.15) is 12.4 Å². The van der Waals surface area contributed by atoms with Crippen molar-refractivity contribution in [2.45, 2.75) is 31.7 Å². The second-order valence-electron chi connectivity index (χ2n) is 7.58. The highest BCUT2D eigenvalue weighted by molar-refractivity contribution is 5.98. The molecule has 1 aliphatic rings. The molecule has 2 unspecified atom stereocenters. The molecule has 3 aromatic carbocycles. The number of fused-ring (bicyclic) bond motifs is 1. The molecule has 0 radical (unpaired) electrons. The van der Waals surface area contributed by atoms with Crippen LogP contribution in [0.2, 0.25) is 0 Å². The lowest BCUT2D eigenvalue weighted by atomic mass is 9.98. The summed E-state index contributed by atoms with van der Waals surface area (Å²) in [6.07, 6.45) is 0.834. The van der Waals surface area contributed by atoms with Crippen molar-refractivity contribution in [1.29, 1.82) is 5.26 Å². The summed E-state index contributed by atoms with van der Waals surface area (Å²) in [5.74, 6) is 0.143. The van der Waals surface area contributed by atoms with Crippen LogP contribution in [0.15, 0.2) is 54.6 Å². The Hall–Kier alpha value is -3.40. The monoisotopic (exact) mass is 417 g/mol. The molecule has 31 heavy (non-hydrogen) atoms. The van der Waals surface area contributed by atoms with Crippen LogP contribution in [0.3, 0.4) is 0 Å². The second kappa shape index (κ2) is 9.17. The summed E-state index contributed by atoms with van der Waals surface area (Å²) in [4.78, 5) is 11.9. The number of hydrogen-bond donors (Lipinski definition) is 1. The van der Waals surface area contributed by atoms with Gasteiger partial charge in [0.05, 0.1) is 36.5 Å². The van der Waals surface area contributed by atoms with E-state index in [-0.39, 0.29) is 12.2 Å². The molecular weight excluding hydrogens is 394 g/mol. The molecule has 0 saturated carbocycles. The molecule has 6 heteroatoms. The predicted octanol–water partition coefficient (Wildman–Crippen LogP) is 4.29. The number of hydrogen-bond acceptors (Lipinski definition) is 6. The Morgan fingerprint density at radius 3 is 2.87 bits per heavy atom. The molecule has 0 aromatic heterocycles. The minimum atomic E-state index is -0.489. The molecule has 0 spiro atoms. The maximum absolute atomic E-state index is 11.9. The van der Waals surface area contributed by atoms with Gasteiger partial charge >= 0.3 is 5.97 Å². The first-order valence-electron chi connectivity index (χ1n) is 10.1. The van der Waals surface area contributed by atoms with Crippen LogP contribution in [0, 0.1) is 11.3 Å². The van der Waals surface area contributed by atoms with E-state index in [2.05, 4.69) is 6.07 Å². The number of nitrogens with zero attached hydrogens (tertiary/aromatic N) is 1. The van der Waals surface area contributed by atoms with Gasteiger partial charge in [-0.15, -0.1) is 0 Å². The number of ether oxygens (including phenoxy) is 3. The SMILES string of the molecule is COC(=O)c1cc(C#N)c2ccc(OCc3cccc(C4CC(O)CCO4)c3)cc2c1. The second-order valence-corrected chi connectivity index (χ2v) is 7.58. The highest BCUT2D eigenvalue weighted by atomic mass is 16.5. The first-order valence-corrected chi connectivity index (χ1v) is 10.1. The van der Waals surface area contributed by atoms with Crippen LogP contribution in [-0.2, 0) is 16.1 Å². The summed E-state index contributed by atoms with van der Waals surface area (Å²) >= 11 is 0. The summed E-state index contributed by atoms with van der Waals surface area (Å²) < 4.78 is 16.6. The van der Waals surface area contributed by atoms with Gasteiger partial charge in [0.25, 0.3) is 0 Å². The smallest absolute Gasteiger partial charge is 0.337 e. The van der Waals surface area contributed by atoms with Gasteiger partial charge in [-0.1, -0.05) is 18.2 Å². The van der Waals surface area contributed by atoms with Gasteiger partial charge in [0.15, 0.2) is 0 Å². The first kappa shape index (κ1) is 20.9. The van der Waals surface area contributed by atoms with E-state index in [1.54, 1.807) is 6.07 Å². The Balaban J connectivity index is 1.53. The fraction of sp³-hybridized carbons (Fsp3) is 0.280. The van der Waals surface area contributed by atoms with E-state index in [1.165, 1.54) is 13.2 Å². The van der Waals surface area contributed by atoms with E-state index in [4.69, 9.17) is 14.2 Å². The van der Waals surface area contributed by atoms with Crippen molar-refractivity contribution in [3.63, 3.8) is 0 Å². The van der Waals surface area contributed by atoms with Gasteiger partial charge in [-0.25, -0.2) is 4.79 Å². The molecular formula is C25H23NO5. The molecule has 6 nitrogen and oxygen atoms in total. The van der Waals surface area contributed by atoms with Crippen molar-refractivity contribution in [3.8, 4) is 11.8 Å². The van der Waals surface area contributed by atoms with Crippen LogP contribution in [0.1, 0.15) is 46.0 Å². The number of carbonyl (C=O) groups is 1. The van der Waals surface area contributed by atoms with Crippen molar-refractivity contribution in [2.24, 2.45) is 0 Å². The number of benzene rings is 3. The van der Waals surface area contributed by atoms with Gasteiger partial charge in [-0.2, -0.15) is 5.26 Å². The third-order valence-corrected chi connectivity index (χ3v) is 5.45. The van der Waals surface area contributed by atoms with E-state index in [0.717, 1.165) is 21.9 Å². The maximum atomic E-state index is 11.9. The topological polar surface area (TPSA) is 88.8 Å². The number of aliphatic hydroxyl groups is 1. The molecule has 0 amide bonds. The largest absolute Gasteiger partial charge is 0.489 e. The van der Waals surface area contributed by atoms with Gasteiger partial charge < -0.3 is 19.3 Å². The van der Waals surface area contributed by atoms with Crippen LogP contribution < -0.4 is 4.74 Å². The molecule has 158 valence electrons. The highest BCUT2D eigenvalue weighted by Gasteiger charge is 2.22. The van der Waals surface area contributed by atoms with Crippen molar-refractivity contribution in [3.05, 3.63) is 76.9 Å². The summed E-state index contributed by atoms with van der Waals surface area (Å²) in [5, 5.41) is 20.8. The third kappa shape index (κ3) is 4.69. The molecule has 3 aromatic rings. The zero-order valence-corrected chi connectivity index (χ0v) is 17.2. The van der Waals surface area contributed by atoms with Crippen molar-refractivity contribution in [1.82, 2.24) is 0 Å². The quantitative estimate of drug-likeness (QED) is 0.623. The molecule has 0 aliphatic carbocycles. The average Bonchev–Trinajstić information content (AvgIpc) is 2.81. The lowest BCUT2D eigenvalue weighted by Gasteiger charge is -2.27. The molecule has 1 heterocycles. The third-order valence-electron chi connectivity index (χ3n) is 5.45. The Labute approximate surface area is 180 Å².